The van der Waals surface area contributed by atoms with Gasteiger partial charge in [0.25, 0.3) is 0 Å². The molecule has 6 heteroatoms. The summed E-state index contributed by atoms with van der Waals surface area (Å²) in [7, 11) is 1.80. The molecule has 1 aromatic rings. The molecule has 0 saturated carbocycles. The minimum Gasteiger partial charge on any atom is -0.355 e. The summed E-state index contributed by atoms with van der Waals surface area (Å²) in [5, 5.41) is 2.81. The Morgan fingerprint density at radius 1 is 1.50 bits per heavy atom. The van der Waals surface area contributed by atoms with Gasteiger partial charge in [0.15, 0.2) is 0 Å². The molecule has 0 bridgehead atoms. The lowest BCUT2D eigenvalue weighted by atomic mass is 10.4. The molecule has 16 heavy (non-hydrogen) atoms. The molecule has 1 N–H and O–H groups in total. The maximum Gasteiger partial charge on any atom is 0.239 e. The number of aromatic nitrogens is 2. The van der Waals surface area contributed by atoms with Crippen molar-refractivity contribution in [2.75, 3.05) is 25.0 Å². The molecule has 0 fully saturated rings. The molecule has 0 aliphatic heterocycles. The number of halogens is 1. The van der Waals surface area contributed by atoms with Crippen molar-refractivity contribution in [3.05, 3.63) is 16.0 Å². The van der Waals surface area contributed by atoms with Crippen LogP contribution in [0.15, 0.2) is 12.4 Å². The zero-order chi connectivity index (χ0) is 12.0. The molecule has 1 rings (SSSR count). The minimum atomic E-state index is -0.00787. The van der Waals surface area contributed by atoms with Gasteiger partial charge in [-0.15, -0.1) is 0 Å². The van der Waals surface area contributed by atoms with Crippen LogP contribution in [0.2, 0.25) is 0 Å². The van der Waals surface area contributed by atoms with Crippen molar-refractivity contribution in [1.82, 2.24) is 15.3 Å². The van der Waals surface area contributed by atoms with Crippen LogP contribution in [-0.4, -0.2) is 36.0 Å². The summed E-state index contributed by atoms with van der Waals surface area (Å²) in [6.45, 7) is 3.01. The van der Waals surface area contributed by atoms with Gasteiger partial charge in [0.2, 0.25) is 11.9 Å². The monoisotopic (exact) mass is 334 g/mol. The average Bonchev–Trinajstić information content (AvgIpc) is 2.27. The molecule has 0 aromatic carbocycles. The van der Waals surface area contributed by atoms with Crippen LogP contribution < -0.4 is 10.2 Å². The van der Waals surface area contributed by atoms with Crippen LogP contribution >= 0.6 is 22.6 Å². The Hall–Kier alpha value is -0.920. The highest BCUT2D eigenvalue weighted by molar-refractivity contribution is 14.1. The maximum atomic E-state index is 11.4. The standard InChI is InChI=1S/C10H15IN4O/c1-3-4-12-9(16)7-15(2)10-13-5-8(11)6-14-10/h5-6H,3-4,7H2,1-2H3,(H,12,16). The van der Waals surface area contributed by atoms with Gasteiger partial charge in [0.1, 0.15) is 0 Å². The third kappa shape index (κ3) is 4.30. The van der Waals surface area contributed by atoms with Gasteiger partial charge in [-0.2, -0.15) is 0 Å². The van der Waals surface area contributed by atoms with Gasteiger partial charge in [-0.3, -0.25) is 4.79 Å². The number of hydrogen-bond donors (Lipinski definition) is 1. The summed E-state index contributed by atoms with van der Waals surface area (Å²) in [6, 6.07) is 0. The van der Waals surface area contributed by atoms with E-state index in [0.717, 1.165) is 9.99 Å². The normalized spacial score (nSPS) is 9.94. The zero-order valence-electron chi connectivity index (χ0n) is 9.40. The van der Waals surface area contributed by atoms with Crippen molar-refractivity contribution < 1.29 is 4.79 Å². The van der Waals surface area contributed by atoms with Crippen molar-refractivity contribution in [3.8, 4) is 0 Å². The largest absolute Gasteiger partial charge is 0.355 e. The van der Waals surface area contributed by atoms with Gasteiger partial charge in [-0.1, -0.05) is 6.92 Å². The lowest BCUT2D eigenvalue weighted by Crippen LogP contribution is -2.36. The molecule has 1 aromatic heterocycles. The van der Waals surface area contributed by atoms with Gasteiger partial charge in [-0.05, 0) is 29.0 Å². The smallest absolute Gasteiger partial charge is 0.239 e. The van der Waals surface area contributed by atoms with Gasteiger partial charge in [0, 0.05) is 29.6 Å². The van der Waals surface area contributed by atoms with E-state index in [9.17, 15) is 4.79 Å². The first-order valence-electron chi connectivity index (χ1n) is 5.09. The van der Waals surface area contributed by atoms with Crippen LogP contribution in [0.25, 0.3) is 0 Å². The molecule has 0 unspecified atom stereocenters. The number of anilines is 1. The van der Waals surface area contributed by atoms with E-state index in [4.69, 9.17) is 0 Å². The Kier molecular flexibility index (Phi) is 5.44. The SMILES string of the molecule is CCCNC(=O)CN(C)c1ncc(I)cn1. The first-order chi connectivity index (χ1) is 7.63. The Labute approximate surface area is 109 Å². The van der Waals surface area contributed by atoms with E-state index in [1.54, 1.807) is 24.3 Å². The highest BCUT2D eigenvalue weighted by Crippen LogP contribution is 2.06. The number of rotatable bonds is 5. The predicted octanol–water partition coefficient (Wildman–Crippen LogP) is 1.04. The van der Waals surface area contributed by atoms with Crippen LogP contribution in [0.4, 0.5) is 5.95 Å². The number of amides is 1. The third-order valence-corrected chi connectivity index (χ3v) is 2.46. The van der Waals surface area contributed by atoms with Crippen molar-refractivity contribution in [1.29, 1.82) is 0 Å². The summed E-state index contributed by atoms with van der Waals surface area (Å²) in [4.78, 5) is 21.4. The fourth-order valence-electron chi connectivity index (χ4n) is 1.11. The summed E-state index contributed by atoms with van der Waals surface area (Å²) >= 11 is 2.14. The number of carbonyl (C=O) groups is 1. The van der Waals surface area contributed by atoms with E-state index in [0.29, 0.717) is 12.5 Å². The van der Waals surface area contributed by atoms with Crippen molar-refractivity contribution in [2.45, 2.75) is 13.3 Å². The van der Waals surface area contributed by atoms with E-state index in [1.807, 2.05) is 6.92 Å². The Morgan fingerprint density at radius 2 is 2.12 bits per heavy atom. The molecular weight excluding hydrogens is 319 g/mol. The quantitative estimate of drug-likeness (QED) is 0.818. The second-order valence-electron chi connectivity index (χ2n) is 3.41. The molecule has 0 aliphatic carbocycles. The van der Waals surface area contributed by atoms with Gasteiger partial charge in [0.05, 0.1) is 6.54 Å². The average molecular weight is 334 g/mol. The van der Waals surface area contributed by atoms with Crippen molar-refractivity contribution >= 4 is 34.4 Å². The summed E-state index contributed by atoms with van der Waals surface area (Å²) in [5.41, 5.74) is 0. The second-order valence-corrected chi connectivity index (χ2v) is 4.65. The Bertz CT molecular complexity index is 341. The lowest BCUT2D eigenvalue weighted by Gasteiger charge is -2.15. The molecule has 0 radical (unpaired) electrons. The van der Waals surface area contributed by atoms with Gasteiger partial charge in [-0.25, -0.2) is 9.97 Å². The molecular formula is C10H15IN4O. The summed E-state index contributed by atoms with van der Waals surface area (Å²) in [6.07, 6.45) is 4.39. The Balaban J connectivity index is 2.48. The molecule has 88 valence electrons. The number of nitrogens with one attached hydrogen (secondary N) is 1. The molecule has 1 heterocycles. The minimum absolute atomic E-state index is 0.00787. The van der Waals surface area contributed by atoms with Crippen molar-refractivity contribution in [2.24, 2.45) is 0 Å². The second kappa shape index (κ2) is 6.62. The predicted molar refractivity (Wildman–Crippen MR) is 71.3 cm³/mol. The molecule has 5 nitrogen and oxygen atoms in total. The number of carbonyl (C=O) groups excluding carboxylic acids is 1. The highest BCUT2D eigenvalue weighted by atomic mass is 127. The van der Waals surface area contributed by atoms with Gasteiger partial charge >= 0.3 is 0 Å². The van der Waals surface area contributed by atoms with Crippen LogP contribution in [-0.2, 0) is 4.79 Å². The third-order valence-electron chi connectivity index (χ3n) is 1.90. The molecule has 0 spiro atoms. The lowest BCUT2D eigenvalue weighted by molar-refractivity contribution is -0.119. The molecule has 0 aliphatic rings. The number of nitrogens with zero attached hydrogens (tertiary/aromatic N) is 3. The summed E-state index contributed by atoms with van der Waals surface area (Å²) < 4.78 is 0.977. The molecule has 1 amide bonds. The summed E-state index contributed by atoms with van der Waals surface area (Å²) in [5.74, 6) is 0.554. The maximum absolute atomic E-state index is 11.4. The van der Waals surface area contributed by atoms with E-state index >= 15 is 0 Å². The molecule has 0 atom stereocenters. The van der Waals surface area contributed by atoms with Crippen LogP contribution in [0, 0.1) is 3.57 Å². The van der Waals surface area contributed by atoms with Gasteiger partial charge < -0.3 is 10.2 Å². The van der Waals surface area contributed by atoms with Crippen LogP contribution in [0.1, 0.15) is 13.3 Å². The fraction of sp³-hybridized carbons (Fsp3) is 0.500. The number of hydrogen-bond acceptors (Lipinski definition) is 4. The Morgan fingerprint density at radius 3 is 2.69 bits per heavy atom. The highest BCUT2D eigenvalue weighted by Gasteiger charge is 2.08. The fourth-order valence-corrected chi connectivity index (χ4v) is 1.39. The number of likely N-dealkylation sites (N-methyl/N-ethyl adjacent to an activating group) is 1. The zero-order valence-corrected chi connectivity index (χ0v) is 11.6. The van der Waals surface area contributed by atoms with Crippen LogP contribution in [0.5, 0.6) is 0 Å². The van der Waals surface area contributed by atoms with E-state index in [1.165, 1.54) is 0 Å². The van der Waals surface area contributed by atoms with Crippen molar-refractivity contribution in [3.63, 3.8) is 0 Å². The van der Waals surface area contributed by atoms with E-state index in [2.05, 4.69) is 37.9 Å². The van der Waals surface area contributed by atoms with E-state index < -0.39 is 0 Å². The molecule has 0 saturated heterocycles. The topological polar surface area (TPSA) is 58.1 Å². The van der Waals surface area contributed by atoms with E-state index in [-0.39, 0.29) is 12.5 Å². The first kappa shape index (κ1) is 13.1. The first-order valence-corrected chi connectivity index (χ1v) is 6.16. The van der Waals surface area contributed by atoms with Crippen LogP contribution in [0.3, 0.4) is 0 Å².